The topological polar surface area (TPSA) is 39.8 Å². The number of aryl methyl sites for hydroxylation is 1. The Balaban J connectivity index is 2.27. The number of nitrogens with zero attached hydrogens (tertiary/aromatic N) is 2. The average Bonchev–Trinajstić information content (AvgIpc) is 2.71. The summed E-state index contributed by atoms with van der Waals surface area (Å²) in [5.74, 6) is 0. The van der Waals surface area contributed by atoms with Gasteiger partial charge in [-0.3, -0.25) is 0 Å². The average molecular weight is 242 g/mol. The molecule has 3 aromatic rings. The van der Waals surface area contributed by atoms with Gasteiger partial charge in [0.15, 0.2) is 11.2 Å². The maximum atomic E-state index is 11.8. The zero-order valence-corrected chi connectivity index (χ0v) is 10.1. The van der Waals surface area contributed by atoms with Crippen LogP contribution in [-0.2, 0) is 0 Å². The molecule has 0 atom stereocenters. The predicted molar refractivity (Wildman–Crippen MR) is 68.8 cm³/mol. The minimum Gasteiger partial charge on any atom is -0.618 e. The van der Waals surface area contributed by atoms with Crippen LogP contribution < -0.4 is 4.73 Å². The molecular weight excluding hydrogens is 232 g/mol. The Morgan fingerprint density at radius 1 is 1.18 bits per heavy atom. The number of hydrogen-bond acceptors (Lipinski definition) is 3. The minimum absolute atomic E-state index is 0.647. The molecule has 0 fully saturated rings. The van der Waals surface area contributed by atoms with E-state index in [1.807, 2.05) is 37.3 Å². The molecule has 0 aliphatic rings. The highest BCUT2D eigenvalue weighted by atomic mass is 32.1. The van der Waals surface area contributed by atoms with Gasteiger partial charge >= 0.3 is 0 Å². The molecule has 0 N–H and O–H groups in total. The van der Waals surface area contributed by atoms with Crippen molar-refractivity contribution in [2.75, 3.05) is 0 Å². The summed E-state index contributed by atoms with van der Waals surface area (Å²) in [6.07, 6.45) is 1.51. The van der Waals surface area contributed by atoms with Gasteiger partial charge in [-0.2, -0.15) is 4.73 Å². The van der Waals surface area contributed by atoms with Gasteiger partial charge in [-0.25, -0.2) is 4.98 Å². The van der Waals surface area contributed by atoms with Crippen LogP contribution in [0.1, 0.15) is 5.56 Å². The van der Waals surface area contributed by atoms with Crippen LogP contribution in [0.25, 0.3) is 20.9 Å². The summed E-state index contributed by atoms with van der Waals surface area (Å²) in [7, 11) is 0. The van der Waals surface area contributed by atoms with Crippen LogP contribution in [-0.4, -0.2) is 4.98 Å². The molecule has 0 saturated heterocycles. The number of hydrogen-bond donors (Lipinski definition) is 0. The van der Waals surface area contributed by atoms with Crippen molar-refractivity contribution in [1.82, 2.24) is 4.98 Å². The molecule has 0 unspecified atom stereocenters. The molecule has 0 bridgehead atoms. The van der Waals surface area contributed by atoms with Crippen LogP contribution in [0.3, 0.4) is 0 Å². The van der Waals surface area contributed by atoms with Gasteiger partial charge in [-0.15, -0.1) is 11.3 Å². The van der Waals surface area contributed by atoms with Crippen LogP contribution in [0.4, 0.5) is 0 Å². The van der Waals surface area contributed by atoms with Gasteiger partial charge in [0.05, 0.1) is 10.2 Å². The van der Waals surface area contributed by atoms with E-state index in [2.05, 4.69) is 4.98 Å². The first-order valence-electron chi connectivity index (χ1n) is 5.30. The Bertz CT molecular complexity index is 637. The normalized spacial score (nSPS) is 10.9. The molecule has 1 aromatic carbocycles. The smallest absolute Gasteiger partial charge is 0.255 e. The molecule has 0 amide bonds. The second-order valence-electron chi connectivity index (χ2n) is 3.85. The fourth-order valence-electron chi connectivity index (χ4n) is 1.83. The van der Waals surface area contributed by atoms with E-state index < -0.39 is 0 Å². The second-order valence-corrected chi connectivity index (χ2v) is 4.88. The Labute approximate surface area is 103 Å². The molecule has 84 valence electrons. The monoisotopic (exact) mass is 242 g/mol. The lowest BCUT2D eigenvalue weighted by Gasteiger charge is -2.03. The molecule has 0 aliphatic carbocycles. The summed E-state index contributed by atoms with van der Waals surface area (Å²) in [6, 6.07) is 11.6. The van der Waals surface area contributed by atoms with Crippen molar-refractivity contribution < 1.29 is 4.73 Å². The van der Waals surface area contributed by atoms with E-state index in [0.29, 0.717) is 5.69 Å². The lowest BCUT2D eigenvalue weighted by molar-refractivity contribution is -0.594. The lowest BCUT2D eigenvalue weighted by atomic mass is 10.2. The standard InChI is InChI=1S/C13H10N2OS/c1-9-5-4-8-15(16)12(9)13-14-10-6-2-3-7-11(10)17-13/h2-8H,1H3. The van der Waals surface area contributed by atoms with Crippen molar-refractivity contribution in [3.63, 3.8) is 0 Å². The van der Waals surface area contributed by atoms with E-state index in [1.165, 1.54) is 6.20 Å². The summed E-state index contributed by atoms with van der Waals surface area (Å²) < 4.78 is 1.98. The highest BCUT2D eigenvalue weighted by Gasteiger charge is 2.16. The van der Waals surface area contributed by atoms with Crippen LogP contribution in [0.15, 0.2) is 42.6 Å². The van der Waals surface area contributed by atoms with E-state index in [4.69, 9.17) is 0 Å². The van der Waals surface area contributed by atoms with Crippen molar-refractivity contribution in [2.45, 2.75) is 6.92 Å². The van der Waals surface area contributed by atoms with E-state index in [-0.39, 0.29) is 0 Å². The van der Waals surface area contributed by atoms with Gasteiger partial charge in [0, 0.05) is 11.6 Å². The van der Waals surface area contributed by atoms with Gasteiger partial charge < -0.3 is 5.21 Å². The number of pyridine rings is 1. The molecular formula is C13H10N2OS. The number of rotatable bonds is 1. The highest BCUT2D eigenvalue weighted by molar-refractivity contribution is 7.21. The van der Waals surface area contributed by atoms with Crippen molar-refractivity contribution >= 4 is 21.6 Å². The molecule has 0 saturated carbocycles. The molecule has 0 aliphatic heterocycles. The van der Waals surface area contributed by atoms with Gasteiger partial charge in [-0.05, 0) is 25.1 Å². The number of aromatic nitrogens is 2. The largest absolute Gasteiger partial charge is 0.618 e. The minimum atomic E-state index is 0.647. The summed E-state index contributed by atoms with van der Waals surface area (Å²) in [6.45, 7) is 1.93. The third-order valence-corrected chi connectivity index (χ3v) is 3.70. The molecule has 17 heavy (non-hydrogen) atoms. The SMILES string of the molecule is Cc1ccc[n+]([O-])c1-c1nc2ccccc2s1. The Kier molecular flexibility index (Phi) is 2.30. The molecule has 3 rings (SSSR count). The molecule has 0 spiro atoms. The van der Waals surface area contributed by atoms with Crippen molar-refractivity contribution in [1.29, 1.82) is 0 Å². The third kappa shape index (κ3) is 1.66. The second kappa shape index (κ2) is 3.82. The van der Waals surface area contributed by atoms with Crippen molar-refractivity contribution in [3.8, 4) is 10.7 Å². The fourth-order valence-corrected chi connectivity index (χ4v) is 2.89. The van der Waals surface area contributed by atoms with Crippen LogP contribution >= 0.6 is 11.3 Å². The lowest BCUT2D eigenvalue weighted by Crippen LogP contribution is -2.29. The Hall–Kier alpha value is -1.94. The predicted octanol–water partition coefficient (Wildman–Crippen LogP) is 2.91. The maximum absolute atomic E-state index is 11.8. The van der Waals surface area contributed by atoms with E-state index in [9.17, 15) is 5.21 Å². The third-order valence-electron chi connectivity index (χ3n) is 2.66. The first-order valence-corrected chi connectivity index (χ1v) is 6.12. The first-order chi connectivity index (χ1) is 8.25. The fraction of sp³-hybridized carbons (Fsp3) is 0.0769. The van der Waals surface area contributed by atoms with Gasteiger partial charge in [0.25, 0.3) is 5.69 Å². The number of benzene rings is 1. The van der Waals surface area contributed by atoms with Gasteiger partial charge in [-0.1, -0.05) is 12.1 Å². The van der Waals surface area contributed by atoms with Crippen molar-refractivity contribution in [2.24, 2.45) is 0 Å². The van der Waals surface area contributed by atoms with Gasteiger partial charge in [0.2, 0.25) is 0 Å². The first kappa shape index (κ1) is 10.2. The van der Waals surface area contributed by atoms with E-state index in [1.54, 1.807) is 17.4 Å². The van der Waals surface area contributed by atoms with Crippen LogP contribution in [0, 0.1) is 12.1 Å². The maximum Gasteiger partial charge on any atom is 0.255 e. The summed E-state index contributed by atoms with van der Waals surface area (Å²) in [4.78, 5) is 4.50. The molecule has 2 heterocycles. The van der Waals surface area contributed by atoms with Crippen LogP contribution in [0.2, 0.25) is 0 Å². The van der Waals surface area contributed by atoms with E-state index in [0.717, 1.165) is 25.5 Å². The molecule has 2 aromatic heterocycles. The number of para-hydroxylation sites is 1. The molecule has 0 radical (unpaired) electrons. The highest BCUT2D eigenvalue weighted by Crippen LogP contribution is 2.29. The summed E-state index contributed by atoms with van der Waals surface area (Å²) in [5, 5.41) is 12.6. The van der Waals surface area contributed by atoms with E-state index >= 15 is 0 Å². The number of thiazole rings is 1. The van der Waals surface area contributed by atoms with Gasteiger partial charge in [0.1, 0.15) is 0 Å². The van der Waals surface area contributed by atoms with Crippen molar-refractivity contribution in [3.05, 3.63) is 53.4 Å². The number of fused-ring (bicyclic) bond motifs is 1. The Morgan fingerprint density at radius 2 is 2.00 bits per heavy atom. The van der Waals surface area contributed by atoms with Crippen LogP contribution in [0.5, 0.6) is 0 Å². The zero-order valence-electron chi connectivity index (χ0n) is 9.25. The summed E-state index contributed by atoms with van der Waals surface area (Å²) >= 11 is 1.55. The Morgan fingerprint density at radius 3 is 2.76 bits per heavy atom. The quantitative estimate of drug-likeness (QED) is 0.486. The zero-order chi connectivity index (χ0) is 11.8. The molecule has 3 nitrogen and oxygen atoms in total. The molecule has 4 heteroatoms. The summed E-state index contributed by atoms with van der Waals surface area (Å²) in [5.41, 5.74) is 2.53.